The van der Waals surface area contributed by atoms with Crippen LogP contribution in [0.2, 0.25) is 0 Å². The molecule has 38 heavy (non-hydrogen) atoms. The van der Waals surface area contributed by atoms with E-state index in [9.17, 15) is 21.6 Å². The van der Waals surface area contributed by atoms with Gasteiger partial charge in [0.2, 0.25) is 0 Å². The lowest BCUT2D eigenvalue weighted by Crippen LogP contribution is -2.37. The molecule has 1 unspecified atom stereocenters. The van der Waals surface area contributed by atoms with Gasteiger partial charge in [-0.05, 0) is 55.6 Å². The van der Waals surface area contributed by atoms with Crippen LogP contribution in [0.5, 0.6) is 0 Å². The van der Waals surface area contributed by atoms with Gasteiger partial charge < -0.3 is 9.64 Å². The second-order valence-corrected chi connectivity index (χ2v) is 12.6. The van der Waals surface area contributed by atoms with Crippen molar-refractivity contribution in [3.8, 4) is 0 Å². The molecule has 2 fully saturated rings. The van der Waals surface area contributed by atoms with Crippen LogP contribution in [0, 0.1) is 13.8 Å². The molecule has 2 aromatic heterocycles. The molecule has 0 aliphatic carbocycles. The Morgan fingerprint density at radius 1 is 1.13 bits per heavy atom. The Bertz CT molecular complexity index is 1450. The van der Waals surface area contributed by atoms with Crippen molar-refractivity contribution in [3.63, 3.8) is 0 Å². The minimum Gasteiger partial charge on any atom is -0.378 e. The van der Waals surface area contributed by atoms with Crippen LogP contribution >= 0.6 is 0 Å². The first-order chi connectivity index (χ1) is 17.9. The van der Waals surface area contributed by atoms with E-state index in [2.05, 4.69) is 4.90 Å². The highest BCUT2D eigenvalue weighted by Crippen LogP contribution is 2.34. The maximum Gasteiger partial charge on any atom is 0.416 e. The summed E-state index contributed by atoms with van der Waals surface area (Å²) in [7, 11) is -3.16. The van der Waals surface area contributed by atoms with Gasteiger partial charge in [-0.3, -0.25) is 4.90 Å². The summed E-state index contributed by atoms with van der Waals surface area (Å²) in [6.07, 6.45) is -2.42. The smallest absolute Gasteiger partial charge is 0.378 e. The first-order valence-electron chi connectivity index (χ1n) is 12.7. The number of ether oxygens (including phenoxy) is 1. The Morgan fingerprint density at radius 3 is 2.53 bits per heavy atom. The minimum atomic E-state index is -4.45. The van der Waals surface area contributed by atoms with Crippen molar-refractivity contribution in [2.24, 2.45) is 0 Å². The normalized spacial score (nSPS) is 19.5. The number of halogens is 3. The molecule has 0 bridgehead atoms. The highest BCUT2D eigenvalue weighted by atomic mass is 32.2. The number of hydrogen-bond acceptors (Lipinski definition) is 7. The van der Waals surface area contributed by atoms with Gasteiger partial charge >= 0.3 is 6.18 Å². The molecule has 0 radical (unpaired) electrons. The number of aromatic nitrogens is 3. The van der Waals surface area contributed by atoms with Crippen LogP contribution in [0.15, 0.2) is 24.3 Å². The lowest BCUT2D eigenvalue weighted by atomic mass is 9.98. The number of benzene rings is 1. The summed E-state index contributed by atoms with van der Waals surface area (Å²) in [6, 6.07) is 6.22. The minimum absolute atomic E-state index is 0.181. The monoisotopic (exact) mass is 551 g/mol. The summed E-state index contributed by atoms with van der Waals surface area (Å²) < 4.78 is 72.4. The SMILES string of the molecule is Cc1c(Cc2c(CN3CCC(S(C)(=O)=O)C3)nc3c(C)cc(N4CCOCC4)nn23)cccc1C(F)(F)F. The van der Waals surface area contributed by atoms with Crippen LogP contribution in [-0.4, -0.2) is 78.8 Å². The maximum atomic E-state index is 13.7. The summed E-state index contributed by atoms with van der Waals surface area (Å²) in [5, 5.41) is 4.46. The van der Waals surface area contributed by atoms with Gasteiger partial charge in [-0.2, -0.15) is 13.2 Å². The zero-order valence-electron chi connectivity index (χ0n) is 21.8. The number of anilines is 1. The fourth-order valence-electron chi connectivity index (χ4n) is 5.36. The molecule has 4 heterocycles. The maximum absolute atomic E-state index is 13.7. The van der Waals surface area contributed by atoms with Gasteiger partial charge in [-0.25, -0.2) is 17.9 Å². The number of rotatable bonds is 6. The van der Waals surface area contributed by atoms with Crippen LogP contribution in [0.4, 0.5) is 19.0 Å². The van der Waals surface area contributed by atoms with Crippen molar-refractivity contribution in [2.45, 2.75) is 44.7 Å². The van der Waals surface area contributed by atoms with E-state index in [0.29, 0.717) is 75.0 Å². The Hall–Kier alpha value is -2.70. The van der Waals surface area contributed by atoms with Crippen molar-refractivity contribution in [2.75, 3.05) is 50.5 Å². The van der Waals surface area contributed by atoms with Gasteiger partial charge in [0.15, 0.2) is 15.5 Å². The van der Waals surface area contributed by atoms with Crippen molar-refractivity contribution in [3.05, 3.63) is 57.9 Å². The number of nitrogens with zero attached hydrogens (tertiary/aromatic N) is 5. The van der Waals surface area contributed by atoms with E-state index in [1.807, 2.05) is 17.9 Å². The lowest BCUT2D eigenvalue weighted by Gasteiger charge is -2.28. The molecule has 2 aliphatic rings. The van der Waals surface area contributed by atoms with Gasteiger partial charge in [0.1, 0.15) is 5.82 Å². The van der Waals surface area contributed by atoms with Crippen LogP contribution in [0.25, 0.3) is 5.65 Å². The topological polar surface area (TPSA) is 80.0 Å². The third-order valence-corrected chi connectivity index (χ3v) is 9.18. The van der Waals surface area contributed by atoms with E-state index in [1.165, 1.54) is 19.2 Å². The number of morpholine rings is 1. The van der Waals surface area contributed by atoms with Gasteiger partial charge in [0.05, 0.1) is 35.4 Å². The number of alkyl halides is 3. The molecule has 3 aromatic rings. The fraction of sp³-hybridized carbons (Fsp3) is 0.538. The van der Waals surface area contributed by atoms with Gasteiger partial charge in [0, 0.05) is 38.9 Å². The summed E-state index contributed by atoms with van der Waals surface area (Å²) in [5.74, 6) is 0.766. The zero-order chi connectivity index (χ0) is 27.2. The number of likely N-dealkylation sites (tertiary alicyclic amines) is 1. The molecule has 0 N–H and O–H groups in total. The largest absolute Gasteiger partial charge is 0.416 e. The number of aryl methyl sites for hydroxylation is 1. The molecule has 5 rings (SSSR count). The van der Waals surface area contributed by atoms with Gasteiger partial charge in [-0.1, -0.05) is 12.1 Å². The van der Waals surface area contributed by atoms with E-state index >= 15 is 0 Å². The summed E-state index contributed by atoms with van der Waals surface area (Å²) in [5.41, 5.74) is 3.05. The summed E-state index contributed by atoms with van der Waals surface area (Å²) in [4.78, 5) is 9.07. The average molecular weight is 552 g/mol. The van der Waals surface area contributed by atoms with Crippen molar-refractivity contribution in [1.29, 1.82) is 0 Å². The predicted octanol–water partition coefficient (Wildman–Crippen LogP) is 3.41. The second kappa shape index (κ2) is 10.1. The fourth-order valence-corrected chi connectivity index (χ4v) is 6.37. The Balaban J connectivity index is 1.58. The Morgan fingerprint density at radius 2 is 1.87 bits per heavy atom. The molecule has 0 spiro atoms. The molecule has 0 amide bonds. The second-order valence-electron chi connectivity index (χ2n) is 10.3. The van der Waals surface area contributed by atoms with Crippen molar-refractivity contribution < 1.29 is 26.3 Å². The first-order valence-corrected chi connectivity index (χ1v) is 14.6. The van der Waals surface area contributed by atoms with E-state index in [1.54, 1.807) is 10.6 Å². The summed E-state index contributed by atoms with van der Waals surface area (Å²) >= 11 is 0. The van der Waals surface area contributed by atoms with E-state index in [-0.39, 0.29) is 12.0 Å². The molecule has 2 saturated heterocycles. The number of sulfone groups is 1. The number of hydrogen-bond donors (Lipinski definition) is 0. The lowest BCUT2D eigenvalue weighted by molar-refractivity contribution is -0.138. The van der Waals surface area contributed by atoms with E-state index in [0.717, 1.165) is 17.4 Å². The van der Waals surface area contributed by atoms with Crippen LogP contribution < -0.4 is 4.90 Å². The van der Waals surface area contributed by atoms with Gasteiger partial charge in [-0.15, -0.1) is 5.10 Å². The Labute approximate surface area is 220 Å². The molecule has 2 aliphatic heterocycles. The Kier molecular flexibility index (Phi) is 7.16. The standard InChI is InChI=1S/C26H32F3N5O3S/c1-17-13-24(33-9-11-37-12-10-33)31-34-23(14-19-5-4-6-21(18(19)2)26(27,28)29)22(30-25(17)34)16-32-8-7-20(15-32)38(3,35)36/h4-6,13,20H,7-12,14-16H2,1-3H3. The molecule has 0 saturated carbocycles. The van der Waals surface area contributed by atoms with E-state index in [4.69, 9.17) is 14.8 Å². The molecule has 8 nitrogen and oxygen atoms in total. The van der Waals surface area contributed by atoms with Crippen LogP contribution in [0.3, 0.4) is 0 Å². The number of imidazole rings is 1. The van der Waals surface area contributed by atoms with Crippen molar-refractivity contribution in [1.82, 2.24) is 19.5 Å². The summed E-state index contributed by atoms with van der Waals surface area (Å²) in [6.45, 7) is 7.45. The third kappa shape index (κ3) is 5.39. The predicted molar refractivity (Wildman–Crippen MR) is 138 cm³/mol. The quantitative estimate of drug-likeness (QED) is 0.465. The highest BCUT2D eigenvalue weighted by Gasteiger charge is 2.34. The molecular weight excluding hydrogens is 519 g/mol. The first kappa shape index (κ1) is 26.9. The molecule has 12 heteroatoms. The van der Waals surface area contributed by atoms with Crippen LogP contribution in [-0.2, 0) is 33.7 Å². The van der Waals surface area contributed by atoms with Crippen LogP contribution in [0.1, 0.15) is 40.1 Å². The van der Waals surface area contributed by atoms with E-state index < -0.39 is 26.8 Å². The molecule has 206 valence electrons. The zero-order valence-corrected chi connectivity index (χ0v) is 22.6. The van der Waals surface area contributed by atoms with Crippen molar-refractivity contribution >= 4 is 21.3 Å². The molecule has 1 aromatic carbocycles. The number of fused-ring (bicyclic) bond motifs is 1. The molecular formula is C26H32F3N5O3S. The van der Waals surface area contributed by atoms with Gasteiger partial charge in [0.25, 0.3) is 0 Å². The third-order valence-electron chi connectivity index (χ3n) is 7.58. The molecule has 1 atom stereocenters. The average Bonchev–Trinajstić information content (AvgIpc) is 3.46. The highest BCUT2D eigenvalue weighted by molar-refractivity contribution is 7.91.